The maximum atomic E-state index is 13.1. The van der Waals surface area contributed by atoms with Crippen LogP contribution in [0.15, 0.2) is 54.7 Å². The molecular formula is C31H39N3O5. The van der Waals surface area contributed by atoms with Gasteiger partial charge in [0.15, 0.2) is 11.5 Å². The van der Waals surface area contributed by atoms with Crippen LogP contribution < -0.4 is 24.3 Å². The Balaban J connectivity index is 1.67. The molecule has 0 bridgehead atoms. The molecule has 0 saturated heterocycles. The van der Waals surface area contributed by atoms with Crippen molar-refractivity contribution >= 4 is 5.91 Å². The van der Waals surface area contributed by atoms with Gasteiger partial charge in [0.05, 0.1) is 46.2 Å². The van der Waals surface area contributed by atoms with E-state index >= 15 is 0 Å². The summed E-state index contributed by atoms with van der Waals surface area (Å²) in [7, 11) is 4.96. The first-order chi connectivity index (χ1) is 19.0. The van der Waals surface area contributed by atoms with Gasteiger partial charge >= 0.3 is 0 Å². The van der Waals surface area contributed by atoms with Crippen molar-refractivity contribution in [3.8, 4) is 23.0 Å². The second-order valence-electron chi connectivity index (χ2n) is 9.72. The quantitative estimate of drug-likeness (QED) is 0.360. The van der Waals surface area contributed by atoms with Gasteiger partial charge in [-0.2, -0.15) is 0 Å². The van der Waals surface area contributed by atoms with Crippen molar-refractivity contribution < 1.29 is 23.7 Å². The highest BCUT2D eigenvalue weighted by molar-refractivity contribution is 5.78. The number of methoxy groups -OCH3 is 3. The minimum absolute atomic E-state index is 0.0487. The van der Waals surface area contributed by atoms with Gasteiger partial charge in [-0.25, -0.2) is 0 Å². The number of amides is 1. The van der Waals surface area contributed by atoms with E-state index in [-0.39, 0.29) is 24.6 Å². The van der Waals surface area contributed by atoms with Gasteiger partial charge in [0.1, 0.15) is 11.5 Å². The summed E-state index contributed by atoms with van der Waals surface area (Å²) >= 11 is 0. The summed E-state index contributed by atoms with van der Waals surface area (Å²) in [6.07, 6.45) is 4.16. The molecule has 1 aromatic heterocycles. The van der Waals surface area contributed by atoms with Crippen LogP contribution in [0.25, 0.3) is 0 Å². The minimum atomic E-state index is -0.108. The maximum absolute atomic E-state index is 13.1. The maximum Gasteiger partial charge on any atom is 0.234 e. The lowest BCUT2D eigenvalue weighted by Crippen LogP contribution is -2.43. The lowest BCUT2D eigenvalue weighted by molar-refractivity contribution is -0.123. The molecular weight excluding hydrogens is 494 g/mol. The third kappa shape index (κ3) is 6.81. The Bertz CT molecular complexity index is 1250. The van der Waals surface area contributed by atoms with Gasteiger partial charge in [0.2, 0.25) is 5.91 Å². The average molecular weight is 534 g/mol. The van der Waals surface area contributed by atoms with Crippen LogP contribution in [0.3, 0.4) is 0 Å². The third-order valence-electron chi connectivity index (χ3n) is 7.24. The molecule has 1 aliphatic rings. The smallest absolute Gasteiger partial charge is 0.234 e. The van der Waals surface area contributed by atoms with E-state index in [2.05, 4.69) is 29.0 Å². The van der Waals surface area contributed by atoms with E-state index in [9.17, 15) is 4.79 Å². The van der Waals surface area contributed by atoms with Crippen molar-refractivity contribution in [3.63, 3.8) is 0 Å². The number of fused-ring (bicyclic) bond motifs is 1. The van der Waals surface area contributed by atoms with Crippen molar-refractivity contribution in [2.24, 2.45) is 0 Å². The molecule has 1 N–H and O–H groups in total. The Morgan fingerprint density at radius 1 is 1.03 bits per heavy atom. The molecule has 0 fully saturated rings. The van der Waals surface area contributed by atoms with Crippen LogP contribution in [0.2, 0.25) is 0 Å². The molecule has 208 valence electrons. The average Bonchev–Trinajstić information content (AvgIpc) is 2.97. The fourth-order valence-electron chi connectivity index (χ4n) is 5.01. The van der Waals surface area contributed by atoms with Crippen LogP contribution in [-0.4, -0.2) is 56.3 Å². The van der Waals surface area contributed by atoms with Gasteiger partial charge in [0, 0.05) is 29.9 Å². The Morgan fingerprint density at radius 2 is 1.77 bits per heavy atom. The van der Waals surface area contributed by atoms with Gasteiger partial charge in [-0.15, -0.1) is 0 Å². The number of nitrogens with one attached hydrogen (secondary N) is 1. The predicted octanol–water partition coefficient (Wildman–Crippen LogP) is 4.74. The number of ether oxygens (including phenoxy) is 4. The molecule has 0 radical (unpaired) electrons. The summed E-state index contributed by atoms with van der Waals surface area (Å²) in [4.78, 5) is 19.6. The summed E-state index contributed by atoms with van der Waals surface area (Å²) in [5.41, 5.74) is 4.10. The van der Waals surface area contributed by atoms with Crippen LogP contribution in [0, 0.1) is 0 Å². The number of rotatable bonds is 12. The van der Waals surface area contributed by atoms with E-state index in [1.54, 1.807) is 27.5 Å². The molecule has 2 unspecified atom stereocenters. The van der Waals surface area contributed by atoms with E-state index in [0.29, 0.717) is 31.0 Å². The number of carbonyl (C=O) groups is 1. The molecule has 8 heteroatoms. The standard InChI is InChI=1S/C31H39N3O5/c1-6-21(2)39-26-12-13-28(37-4)31-24(26)14-16-34(20-30(35)33-19-23-9-7-8-15-32-23)25(31)17-22-10-11-27(36-3)29(18-22)38-5/h7-13,15,18,21,25H,6,14,16-17,19-20H2,1-5H3,(H,33,35). The van der Waals surface area contributed by atoms with E-state index in [1.165, 1.54) is 0 Å². The number of hydrogen-bond donors (Lipinski definition) is 1. The zero-order valence-corrected chi connectivity index (χ0v) is 23.5. The predicted molar refractivity (Wildman–Crippen MR) is 151 cm³/mol. The van der Waals surface area contributed by atoms with E-state index in [0.717, 1.165) is 46.7 Å². The minimum Gasteiger partial charge on any atom is -0.496 e. The second kappa shape index (κ2) is 13.3. The van der Waals surface area contributed by atoms with Crippen molar-refractivity contribution in [2.75, 3.05) is 34.4 Å². The van der Waals surface area contributed by atoms with Crippen LogP contribution in [-0.2, 0) is 24.2 Å². The zero-order chi connectivity index (χ0) is 27.8. The Hall–Kier alpha value is -3.78. The van der Waals surface area contributed by atoms with Crippen LogP contribution >= 0.6 is 0 Å². The molecule has 39 heavy (non-hydrogen) atoms. The first kappa shape index (κ1) is 28.2. The summed E-state index contributed by atoms with van der Waals surface area (Å²) in [6.45, 7) is 5.56. The second-order valence-corrected chi connectivity index (χ2v) is 9.72. The molecule has 8 nitrogen and oxygen atoms in total. The molecule has 1 aliphatic heterocycles. The topological polar surface area (TPSA) is 82.2 Å². The van der Waals surface area contributed by atoms with E-state index < -0.39 is 0 Å². The molecule has 3 aromatic rings. The molecule has 2 atom stereocenters. The van der Waals surface area contributed by atoms with Crippen molar-refractivity contribution in [1.82, 2.24) is 15.2 Å². The Kier molecular flexibility index (Phi) is 9.65. The number of hydrogen-bond acceptors (Lipinski definition) is 7. The lowest BCUT2D eigenvalue weighted by Gasteiger charge is -2.38. The zero-order valence-electron chi connectivity index (χ0n) is 23.5. The third-order valence-corrected chi connectivity index (χ3v) is 7.24. The van der Waals surface area contributed by atoms with Gasteiger partial charge < -0.3 is 24.3 Å². The van der Waals surface area contributed by atoms with Crippen LogP contribution in [0.4, 0.5) is 0 Å². The molecule has 2 heterocycles. The molecule has 4 rings (SSSR count). The highest BCUT2D eigenvalue weighted by Crippen LogP contribution is 2.43. The number of nitrogens with zero attached hydrogens (tertiary/aromatic N) is 2. The van der Waals surface area contributed by atoms with Crippen molar-refractivity contribution in [3.05, 3.63) is 77.1 Å². The highest BCUT2D eigenvalue weighted by Gasteiger charge is 2.34. The Morgan fingerprint density at radius 3 is 2.46 bits per heavy atom. The summed E-state index contributed by atoms with van der Waals surface area (Å²) in [5, 5.41) is 3.03. The number of carbonyl (C=O) groups excluding carboxylic acids is 1. The first-order valence-corrected chi connectivity index (χ1v) is 13.4. The molecule has 0 spiro atoms. The van der Waals surface area contributed by atoms with Gasteiger partial charge in [-0.05, 0) is 68.1 Å². The largest absolute Gasteiger partial charge is 0.496 e. The number of benzene rings is 2. The summed E-state index contributed by atoms with van der Waals surface area (Å²) in [6, 6.07) is 15.5. The van der Waals surface area contributed by atoms with E-state index in [1.807, 2.05) is 48.5 Å². The molecule has 0 saturated carbocycles. The van der Waals surface area contributed by atoms with E-state index in [4.69, 9.17) is 18.9 Å². The summed E-state index contributed by atoms with van der Waals surface area (Å²) in [5.74, 6) is 2.99. The normalized spacial score (nSPS) is 15.7. The van der Waals surface area contributed by atoms with Crippen molar-refractivity contribution in [2.45, 2.75) is 51.8 Å². The van der Waals surface area contributed by atoms with Crippen molar-refractivity contribution in [1.29, 1.82) is 0 Å². The first-order valence-electron chi connectivity index (χ1n) is 13.4. The van der Waals surface area contributed by atoms with Gasteiger partial charge in [0.25, 0.3) is 0 Å². The SMILES string of the molecule is CCC(C)Oc1ccc(OC)c2c1CCN(CC(=O)NCc1ccccn1)C2Cc1ccc(OC)c(OC)c1. The molecule has 0 aliphatic carbocycles. The lowest BCUT2D eigenvalue weighted by atomic mass is 9.87. The van der Waals surface area contributed by atoms with Gasteiger partial charge in [-0.3, -0.25) is 14.7 Å². The molecule has 1 amide bonds. The Labute approximate surface area is 231 Å². The van der Waals surface area contributed by atoms with Gasteiger partial charge in [-0.1, -0.05) is 19.1 Å². The summed E-state index contributed by atoms with van der Waals surface area (Å²) < 4.78 is 23.2. The number of pyridine rings is 1. The molecule has 2 aromatic carbocycles. The van der Waals surface area contributed by atoms with Crippen LogP contribution in [0.5, 0.6) is 23.0 Å². The number of aromatic nitrogens is 1. The van der Waals surface area contributed by atoms with Crippen LogP contribution in [0.1, 0.15) is 48.7 Å². The fraction of sp³-hybridized carbons (Fsp3) is 0.419. The highest BCUT2D eigenvalue weighted by atomic mass is 16.5. The fourth-order valence-corrected chi connectivity index (χ4v) is 5.01. The monoisotopic (exact) mass is 533 g/mol.